The van der Waals surface area contributed by atoms with Crippen molar-refractivity contribution in [3.8, 4) is 5.92 Å². The fourth-order valence-corrected chi connectivity index (χ4v) is 0.437. The summed E-state index contributed by atoms with van der Waals surface area (Å²) in [5.41, 5.74) is 0.576. The average molecular weight is 102 g/mol. The molecule has 0 saturated carbocycles. The van der Waals surface area contributed by atoms with Crippen LogP contribution in [-0.2, 0) is 0 Å². The van der Waals surface area contributed by atoms with E-state index in [9.17, 15) is 0 Å². The van der Waals surface area contributed by atoms with Crippen molar-refractivity contribution in [1.82, 2.24) is 4.98 Å². The molecular formula is C7H4N. The molecular weight excluding hydrogens is 98.1 g/mol. The van der Waals surface area contributed by atoms with Gasteiger partial charge >= 0.3 is 0 Å². The largest absolute Gasteiger partial charge is 0.248 e. The molecule has 1 rings (SSSR count). The van der Waals surface area contributed by atoms with E-state index in [1.165, 1.54) is 0 Å². The molecule has 1 heteroatoms. The normalized spacial score (nSPS) is 7.88. The highest BCUT2D eigenvalue weighted by Crippen LogP contribution is 1.87. The topological polar surface area (TPSA) is 12.9 Å². The molecule has 0 saturated heterocycles. The smallest absolute Gasteiger partial charge is 0.114 e. The van der Waals surface area contributed by atoms with Gasteiger partial charge in [0.25, 0.3) is 0 Å². The zero-order valence-electron chi connectivity index (χ0n) is 4.26. The van der Waals surface area contributed by atoms with Crippen molar-refractivity contribution in [3.05, 3.63) is 36.5 Å². The third-order valence-corrected chi connectivity index (χ3v) is 0.793. The van der Waals surface area contributed by atoms with Crippen molar-refractivity contribution in [2.75, 3.05) is 0 Å². The molecule has 0 aliphatic heterocycles. The molecule has 8 heavy (non-hydrogen) atoms. The molecule has 0 amide bonds. The lowest BCUT2D eigenvalue weighted by molar-refractivity contribution is 1.29. The predicted molar refractivity (Wildman–Crippen MR) is 30.5 cm³/mol. The Kier molecular flexibility index (Phi) is 1.29. The Hall–Kier alpha value is -1.29. The van der Waals surface area contributed by atoms with E-state index < -0.39 is 0 Å². The van der Waals surface area contributed by atoms with Gasteiger partial charge in [-0.1, -0.05) is 6.07 Å². The van der Waals surface area contributed by atoms with Gasteiger partial charge in [0.1, 0.15) is 5.69 Å². The van der Waals surface area contributed by atoms with Crippen molar-refractivity contribution in [2.45, 2.75) is 0 Å². The van der Waals surface area contributed by atoms with E-state index in [0.29, 0.717) is 5.69 Å². The summed E-state index contributed by atoms with van der Waals surface area (Å²) in [6, 6.07) is 5.36. The Morgan fingerprint density at radius 3 is 2.75 bits per heavy atom. The molecule has 0 atom stereocenters. The number of aromatic nitrogens is 1. The van der Waals surface area contributed by atoms with Crippen molar-refractivity contribution in [2.24, 2.45) is 0 Å². The molecule has 1 nitrogen and oxygen atoms in total. The second-order valence-corrected chi connectivity index (χ2v) is 1.34. The Morgan fingerprint density at radius 1 is 1.50 bits per heavy atom. The van der Waals surface area contributed by atoms with Gasteiger partial charge in [0.2, 0.25) is 0 Å². The molecule has 1 aromatic heterocycles. The van der Waals surface area contributed by atoms with Crippen LogP contribution in [0.3, 0.4) is 0 Å². The SMILES string of the molecule is [C]#Cc1ccccn1. The van der Waals surface area contributed by atoms with Crippen LogP contribution in [0.1, 0.15) is 5.69 Å². The Labute approximate surface area is 48.4 Å². The van der Waals surface area contributed by atoms with Gasteiger partial charge in [-0.15, -0.1) is 0 Å². The monoisotopic (exact) mass is 102 g/mol. The lowest BCUT2D eigenvalue weighted by Gasteiger charge is -1.81. The van der Waals surface area contributed by atoms with Crippen LogP contribution in [0.2, 0.25) is 0 Å². The van der Waals surface area contributed by atoms with Gasteiger partial charge in [0, 0.05) is 6.20 Å². The molecule has 0 aliphatic carbocycles. The highest BCUT2D eigenvalue weighted by Gasteiger charge is 1.78. The van der Waals surface area contributed by atoms with Crippen LogP contribution in [0, 0.1) is 12.3 Å². The third kappa shape index (κ3) is 0.855. The van der Waals surface area contributed by atoms with Gasteiger partial charge in [0.05, 0.1) is 0 Å². The molecule has 0 aliphatic rings. The Bertz CT molecular complexity index is 195. The highest BCUT2D eigenvalue weighted by molar-refractivity contribution is 5.20. The number of hydrogen-bond donors (Lipinski definition) is 0. The fraction of sp³-hybridized carbons (Fsp3) is 0. The van der Waals surface area contributed by atoms with Gasteiger partial charge in [-0.25, -0.2) is 4.98 Å². The van der Waals surface area contributed by atoms with Crippen molar-refractivity contribution < 1.29 is 0 Å². The molecule has 1 heterocycles. The van der Waals surface area contributed by atoms with Crippen LogP contribution in [0.25, 0.3) is 0 Å². The summed E-state index contributed by atoms with van der Waals surface area (Å²) in [4.78, 5) is 3.80. The summed E-state index contributed by atoms with van der Waals surface area (Å²) in [7, 11) is 0. The fourth-order valence-electron chi connectivity index (χ4n) is 0.437. The van der Waals surface area contributed by atoms with E-state index in [1.807, 2.05) is 6.07 Å². The lowest BCUT2D eigenvalue weighted by Crippen LogP contribution is -1.75. The first kappa shape index (κ1) is 4.86. The van der Waals surface area contributed by atoms with Crippen LogP contribution in [-0.4, -0.2) is 4.98 Å². The number of nitrogens with zero attached hydrogens (tertiary/aromatic N) is 1. The minimum absolute atomic E-state index is 0.576. The van der Waals surface area contributed by atoms with Gasteiger partial charge in [-0.3, -0.25) is 0 Å². The summed E-state index contributed by atoms with van der Waals surface area (Å²) >= 11 is 0. The summed E-state index contributed by atoms with van der Waals surface area (Å²) < 4.78 is 0. The minimum Gasteiger partial charge on any atom is -0.248 e. The lowest BCUT2D eigenvalue weighted by atomic mass is 10.4. The molecule has 0 spiro atoms. The molecule has 1 aromatic rings. The van der Waals surface area contributed by atoms with Crippen molar-refractivity contribution in [1.29, 1.82) is 0 Å². The Balaban J connectivity index is 3.05. The second-order valence-electron chi connectivity index (χ2n) is 1.34. The first-order chi connectivity index (χ1) is 3.93. The number of pyridine rings is 1. The minimum atomic E-state index is 0.576. The maximum atomic E-state index is 6.63. The maximum absolute atomic E-state index is 6.63. The number of rotatable bonds is 0. The summed E-state index contributed by atoms with van der Waals surface area (Å²) in [5, 5.41) is 0. The van der Waals surface area contributed by atoms with Gasteiger partial charge in [0.15, 0.2) is 0 Å². The van der Waals surface area contributed by atoms with E-state index in [4.69, 9.17) is 6.42 Å². The van der Waals surface area contributed by atoms with E-state index >= 15 is 0 Å². The molecule has 1 radical (unpaired) electrons. The molecule has 0 N–H and O–H groups in total. The van der Waals surface area contributed by atoms with E-state index in [0.717, 1.165) is 0 Å². The molecule has 37 valence electrons. The first-order valence-corrected chi connectivity index (χ1v) is 2.27. The van der Waals surface area contributed by atoms with Crippen LogP contribution >= 0.6 is 0 Å². The highest BCUT2D eigenvalue weighted by atomic mass is 14.6. The Morgan fingerprint density at radius 2 is 2.38 bits per heavy atom. The first-order valence-electron chi connectivity index (χ1n) is 2.27. The van der Waals surface area contributed by atoms with Crippen LogP contribution < -0.4 is 0 Å². The summed E-state index contributed by atoms with van der Waals surface area (Å²) in [6.45, 7) is 0. The van der Waals surface area contributed by atoms with Crippen LogP contribution in [0.4, 0.5) is 0 Å². The average Bonchev–Trinajstić information content (AvgIpc) is 1.90. The van der Waals surface area contributed by atoms with Crippen LogP contribution in [0.15, 0.2) is 24.4 Å². The van der Waals surface area contributed by atoms with E-state index in [2.05, 4.69) is 10.9 Å². The molecule has 0 unspecified atom stereocenters. The third-order valence-electron chi connectivity index (χ3n) is 0.793. The van der Waals surface area contributed by atoms with Gasteiger partial charge < -0.3 is 0 Å². The zero-order chi connectivity index (χ0) is 5.82. The van der Waals surface area contributed by atoms with Gasteiger partial charge in [-0.05, 0) is 24.5 Å². The van der Waals surface area contributed by atoms with E-state index in [1.54, 1.807) is 18.3 Å². The molecule has 0 aromatic carbocycles. The maximum Gasteiger partial charge on any atom is 0.114 e. The summed E-state index contributed by atoms with van der Waals surface area (Å²) in [6.07, 6.45) is 8.27. The molecule has 0 fully saturated rings. The van der Waals surface area contributed by atoms with Crippen molar-refractivity contribution in [3.63, 3.8) is 0 Å². The second kappa shape index (κ2) is 2.13. The summed E-state index contributed by atoms with van der Waals surface area (Å²) in [5.74, 6) is 2.17. The van der Waals surface area contributed by atoms with Crippen LogP contribution in [0.5, 0.6) is 0 Å². The van der Waals surface area contributed by atoms with Crippen molar-refractivity contribution >= 4 is 0 Å². The standard InChI is InChI=1S/C7H4N/c1-2-7-5-3-4-6-8-7/h3-6H. The zero-order valence-corrected chi connectivity index (χ0v) is 4.26. The predicted octanol–water partition coefficient (Wildman–Crippen LogP) is 1.02. The van der Waals surface area contributed by atoms with E-state index in [-0.39, 0.29) is 0 Å². The molecule has 0 bridgehead atoms. The van der Waals surface area contributed by atoms with Gasteiger partial charge in [-0.2, -0.15) is 0 Å². The number of hydrogen-bond acceptors (Lipinski definition) is 1. The quantitative estimate of drug-likeness (QED) is 0.446.